The van der Waals surface area contributed by atoms with Gasteiger partial charge in [0.05, 0.1) is 28.7 Å². The average Bonchev–Trinajstić information content (AvgIpc) is 2.73. The summed E-state index contributed by atoms with van der Waals surface area (Å²) < 4.78 is 20.1. The molecule has 0 bridgehead atoms. The fourth-order valence-corrected chi connectivity index (χ4v) is 3.29. The highest BCUT2D eigenvalue weighted by molar-refractivity contribution is 6.32. The van der Waals surface area contributed by atoms with Crippen molar-refractivity contribution >= 4 is 34.7 Å². The molecule has 4 aromatic rings. The van der Waals surface area contributed by atoms with Gasteiger partial charge in [0.2, 0.25) is 0 Å². The first kappa shape index (κ1) is 18.9. The lowest BCUT2D eigenvalue weighted by Gasteiger charge is -2.13. The first-order valence-electron chi connectivity index (χ1n) is 8.86. The molecule has 4 nitrogen and oxygen atoms in total. The number of nitrogens with zero attached hydrogens (tertiary/aromatic N) is 2. The standard InChI is InChI=1S/C23H16ClFN2O2/c1-29-17-10-6-15(7-11-17)8-13-22-26-20-5-3-2-4-18(20)23(28)27(22)21-12-9-16(25)14-19(21)24/h2-14H,1H3/b13-8+. The fourth-order valence-electron chi connectivity index (χ4n) is 3.04. The van der Waals surface area contributed by atoms with Crippen LogP contribution in [0.2, 0.25) is 5.02 Å². The molecule has 0 atom stereocenters. The second-order valence-corrected chi connectivity index (χ2v) is 6.74. The lowest BCUT2D eigenvalue weighted by Crippen LogP contribution is -2.22. The van der Waals surface area contributed by atoms with Crippen molar-refractivity contribution in [3.63, 3.8) is 0 Å². The summed E-state index contributed by atoms with van der Waals surface area (Å²) in [6.07, 6.45) is 3.57. The number of aromatic nitrogens is 2. The van der Waals surface area contributed by atoms with E-state index in [1.165, 1.54) is 22.8 Å². The van der Waals surface area contributed by atoms with Crippen LogP contribution >= 0.6 is 11.6 Å². The SMILES string of the molecule is COc1ccc(/C=C/c2nc3ccccc3c(=O)n2-c2ccc(F)cc2Cl)cc1. The van der Waals surface area contributed by atoms with E-state index in [4.69, 9.17) is 16.3 Å². The van der Waals surface area contributed by atoms with Crippen molar-refractivity contribution in [2.75, 3.05) is 7.11 Å². The van der Waals surface area contributed by atoms with Gasteiger partial charge in [0, 0.05) is 0 Å². The van der Waals surface area contributed by atoms with Gasteiger partial charge in [-0.15, -0.1) is 0 Å². The van der Waals surface area contributed by atoms with Gasteiger partial charge in [-0.3, -0.25) is 9.36 Å². The zero-order chi connectivity index (χ0) is 20.4. The third-order valence-electron chi connectivity index (χ3n) is 4.49. The van der Waals surface area contributed by atoms with Crippen LogP contribution in [0.4, 0.5) is 4.39 Å². The summed E-state index contributed by atoms with van der Waals surface area (Å²) in [6.45, 7) is 0. The number of hydrogen-bond acceptors (Lipinski definition) is 3. The Labute approximate surface area is 171 Å². The zero-order valence-corrected chi connectivity index (χ0v) is 16.2. The van der Waals surface area contributed by atoms with E-state index < -0.39 is 5.82 Å². The van der Waals surface area contributed by atoms with Gasteiger partial charge in [0.25, 0.3) is 5.56 Å². The van der Waals surface area contributed by atoms with Crippen LogP contribution in [0.3, 0.4) is 0 Å². The molecular formula is C23H16ClFN2O2. The number of hydrogen-bond donors (Lipinski definition) is 0. The summed E-state index contributed by atoms with van der Waals surface area (Å²) in [7, 11) is 1.61. The van der Waals surface area contributed by atoms with Crippen molar-refractivity contribution in [2.45, 2.75) is 0 Å². The first-order chi connectivity index (χ1) is 14.1. The molecule has 0 aliphatic carbocycles. The average molecular weight is 407 g/mol. The molecule has 144 valence electrons. The Morgan fingerprint density at radius 3 is 2.52 bits per heavy atom. The van der Waals surface area contributed by atoms with E-state index in [0.717, 1.165) is 11.3 Å². The predicted molar refractivity (Wildman–Crippen MR) is 114 cm³/mol. The summed E-state index contributed by atoms with van der Waals surface area (Å²) in [5, 5.41) is 0.581. The van der Waals surface area contributed by atoms with E-state index in [-0.39, 0.29) is 10.6 Å². The second-order valence-electron chi connectivity index (χ2n) is 6.33. The van der Waals surface area contributed by atoms with Crippen LogP contribution in [0.5, 0.6) is 5.75 Å². The fraction of sp³-hybridized carbons (Fsp3) is 0.0435. The molecule has 0 saturated heterocycles. The van der Waals surface area contributed by atoms with E-state index in [0.29, 0.717) is 22.4 Å². The maximum absolute atomic E-state index is 13.5. The Morgan fingerprint density at radius 2 is 1.79 bits per heavy atom. The molecule has 0 unspecified atom stereocenters. The third-order valence-corrected chi connectivity index (χ3v) is 4.80. The molecule has 0 fully saturated rings. The van der Waals surface area contributed by atoms with Crippen LogP contribution in [0.1, 0.15) is 11.4 Å². The van der Waals surface area contributed by atoms with Crippen LogP contribution in [0, 0.1) is 5.82 Å². The summed E-state index contributed by atoms with van der Waals surface area (Å²) in [5.74, 6) is 0.662. The first-order valence-corrected chi connectivity index (χ1v) is 9.24. The largest absolute Gasteiger partial charge is 0.497 e. The van der Waals surface area contributed by atoms with Crippen molar-refractivity contribution in [1.29, 1.82) is 0 Å². The van der Waals surface area contributed by atoms with Crippen molar-refractivity contribution < 1.29 is 9.13 Å². The molecule has 0 N–H and O–H groups in total. The Balaban J connectivity index is 1.91. The quantitative estimate of drug-likeness (QED) is 0.458. The Hall–Kier alpha value is -3.44. The maximum Gasteiger partial charge on any atom is 0.266 e. The minimum atomic E-state index is -0.476. The van der Waals surface area contributed by atoms with Crippen LogP contribution in [-0.2, 0) is 0 Å². The molecule has 0 amide bonds. The highest BCUT2D eigenvalue weighted by Crippen LogP contribution is 2.23. The molecule has 29 heavy (non-hydrogen) atoms. The van der Waals surface area contributed by atoms with Crippen molar-refractivity contribution in [3.8, 4) is 11.4 Å². The van der Waals surface area contributed by atoms with Crippen LogP contribution < -0.4 is 10.3 Å². The predicted octanol–water partition coefficient (Wildman–Crippen LogP) is 5.36. The van der Waals surface area contributed by atoms with Crippen molar-refractivity contribution in [1.82, 2.24) is 9.55 Å². The highest BCUT2D eigenvalue weighted by Gasteiger charge is 2.14. The van der Waals surface area contributed by atoms with Crippen LogP contribution in [0.25, 0.3) is 28.7 Å². The van der Waals surface area contributed by atoms with E-state index >= 15 is 0 Å². The highest BCUT2D eigenvalue weighted by atomic mass is 35.5. The van der Waals surface area contributed by atoms with E-state index in [2.05, 4.69) is 4.98 Å². The molecule has 4 rings (SSSR count). The molecule has 0 aliphatic heterocycles. The monoisotopic (exact) mass is 406 g/mol. The van der Waals surface area contributed by atoms with E-state index in [1.807, 2.05) is 36.4 Å². The van der Waals surface area contributed by atoms with E-state index in [9.17, 15) is 9.18 Å². The summed E-state index contributed by atoms with van der Waals surface area (Å²) >= 11 is 6.24. The summed E-state index contributed by atoms with van der Waals surface area (Å²) in [4.78, 5) is 17.8. The number of methoxy groups -OCH3 is 1. The van der Waals surface area contributed by atoms with Gasteiger partial charge in [-0.2, -0.15) is 0 Å². The van der Waals surface area contributed by atoms with Crippen molar-refractivity contribution in [3.05, 3.63) is 99.3 Å². The Bertz CT molecular complexity index is 1280. The maximum atomic E-state index is 13.5. The van der Waals surface area contributed by atoms with Gasteiger partial charge in [-0.1, -0.05) is 41.9 Å². The van der Waals surface area contributed by atoms with Gasteiger partial charge >= 0.3 is 0 Å². The van der Waals surface area contributed by atoms with Crippen LogP contribution in [-0.4, -0.2) is 16.7 Å². The second kappa shape index (κ2) is 7.89. The Morgan fingerprint density at radius 1 is 1.03 bits per heavy atom. The van der Waals surface area contributed by atoms with Gasteiger partial charge in [0.1, 0.15) is 17.4 Å². The number of fused-ring (bicyclic) bond motifs is 1. The molecule has 0 saturated carbocycles. The lowest BCUT2D eigenvalue weighted by molar-refractivity contribution is 0.415. The minimum Gasteiger partial charge on any atom is -0.497 e. The number of para-hydroxylation sites is 1. The van der Waals surface area contributed by atoms with Crippen molar-refractivity contribution in [2.24, 2.45) is 0 Å². The number of benzene rings is 3. The van der Waals surface area contributed by atoms with Gasteiger partial charge < -0.3 is 4.74 Å². The molecule has 0 radical (unpaired) electrons. The minimum absolute atomic E-state index is 0.128. The molecule has 1 heterocycles. The molecule has 0 aliphatic rings. The summed E-state index contributed by atoms with van der Waals surface area (Å²) in [6, 6.07) is 18.5. The molecular weight excluding hydrogens is 391 g/mol. The molecule has 1 aromatic heterocycles. The lowest BCUT2D eigenvalue weighted by atomic mass is 10.2. The number of halogens is 2. The smallest absolute Gasteiger partial charge is 0.266 e. The topological polar surface area (TPSA) is 44.1 Å². The number of ether oxygens (including phenoxy) is 1. The normalized spacial score (nSPS) is 11.3. The molecule has 6 heteroatoms. The third kappa shape index (κ3) is 3.77. The van der Waals surface area contributed by atoms with Gasteiger partial charge in [0.15, 0.2) is 0 Å². The van der Waals surface area contributed by atoms with Gasteiger partial charge in [-0.05, 0) is 54.1 Å². The van der Waals surface area contributed by atoms with Gasteiger partial charge in [-0.25, -0.2) is 9.37 Å². The molecule has 0 spiro atoms. The molecule has 3 aromatic carbocycles. The summed E-state index contributed by atoms with van der Waals surface area (Å²) in [5.41, 5.74) is 1.57. The van der Waals surface area contributed by atoms with Crippen LogP contribution in [0.15, 0.2) is 71.5 Å². The number of rotatable bonds is 4. The Kier molecular flexibility index (Phi) is 5.14. The van der Waals surface area contributed by atoms with E-state index in [1.54, 1.807) is 31.4 Å². The zero-order valence-electron chi connectivity index (χ0n) is 15.5.